The highest BCUT2D eigenvalue weighted by atomic mass is 35.5. The van der Waals surface area contributed by atoms with E-state index in [1.807, 2.05) is 29.2 Å². The molecule has 2 N–H and O–H groups in total. The number of H-pyrrole nitrogens is 1. The molecule has 1 amide bonds. The molecule has 2 aromatic carbocycles. The molecule has 1 aliphatic heterocycles. The van der Waals surface area contributed by atoms with Gasteiger partial charge in [-0.15, -0.1) is 0 Å². The number of carbonyl (C=O) groups excluding carboxylic acids is 1. The van der Waals surface area contributed by atoms with Gasteiger partial charge >= 0.3 is 0 Å². The highest BCUT2D eigenvalue weighted by molar-refractivity contribution is 6.31. The Kier molecular flexibility index (Phi) is 6.18. The van der Waals surface area contributed by atoms with Crippen LogP contribution in [0, 0.1) is 0 Å². The van der Waals surface area contributed by atoms with Crippen LogP contribution in [0.4, 0.5) is 0 Å². The van der Waals surface area contributed by atoms with Gasteiger partial charge in [-0.05, 0) is 48.7 Å². The lowest BCUT2D eigenvalue weighted by Gasteiger charge is -2.26. The summed E-state index contributed by atoms with van der Waals surface area (Å²) in [6, 6.07) is 12.4. The van der Waals surface area contributed by atoms with Crippen LogP contribution in [0.1, 0.15) is 60.8 Å². The Bertz CT molecular complexity index is 1100. The molecule has 1 unspecified atom stereocenters. The fraction of sp³-hybridized carbons (Fsp3) is 0.333. The van der Waals surface area contributed by atoms with E-state index in [4.69, 9.17) is 16.3 Å². The highest BCUT2D eigenvalue weighted by Crippen LogP contribution is 2.45. The number of halogens is 1. The van der Waals surface area contributed by atoms with E-state index in [0.717, 1.165) is 36.1 Å². The molecule has 0 aliphatic carbocycles. The van der Waals surface area contributed by atoms with Gasteiger partial charge in [0.1, 0.15) is 22.9 Å². The normalized spacial score (nSPS) is 15.4. The number of aromatic hydroxyl groups is 1. The number of nitrogens with one attached hydrogen (secondary N) is 1. The van der Waals surface area contributed by atoms with Gasteiger partial charge in [0.25, 0.3) is 5.91 Å². The summed E-state index contributed by atoms with van der Waals surface area (Å²) < 4.78 is 5.83. The van der Waals surface area contributed by atoms with Crippen LogP contribution in [0.3, 0.4) is 0 Å². The quantitative estimate of drug-likeness (QED) is 0.481. The zero-order chi connectivity index (χ0) is 22.0. The molecule has 1 aromatic heterocycles. The third kappa shape index (κ3) is 4.00. The minimum Gasteiger partial charge on any atom is -0.507 e. The van der Waals surface area contributed by atoms with Crippen LogP contribution in [0.2, 0.25) is 5.02 Å². The van der Waals surface area contributed by atoms with E-state index in [0.29, 0.717) is 35.1 Å². The maximum Gasteiger partial charge on any atom is 0.273 e. The first kappa shape index (κ1) is 21.2. The van der Waals surface area contributed by atoms with Gasteiger partial charge in [-0.25, -0.2) is 0 Å². The van der Waals surface area contributed by atoms with Crippen LogP contribution >= 0.6 is 11.6 Å². The van der Waals surface area contributed by atoms with Crippen LogP contribution in [0.5, 0.6) is 11.5 Å². The Morgan fingerprint density at radius 3 is 2.81 bits per heavy atom. The number of phenols is 1. The molecule has 0 fully saturated rings. The molecule has 1 aliphatic rings. The molecule has 0 bridgehead atoms. The molecule has 0 radical (unpaired) electrons. The van der Waals surface area contributed by atoms with Crippen molar-refractivity contribution in [3.63, 3.8) is 0 Å². The number of amides is 1. The predicted octanol–water partition coefficient (Wildman–Crippen LogP) is 5.57. The first-order valence-electron chi connectivity index (χ1n) is 10.7. The summed E-state index contributed by atoms with van der Waals surface area (Å²) in [5, 5.41) is 18.3. The van der Waals surface area contributed by atoms with Gasteiger partial charge in [0.2, 0.25) is 0 Å². The second kappa shape index (κ2) is 9.02. The fourth-order valence-corrected chi connectivity index (χ4v) is 4.17. The van der Waals surface area contributed by atoms with Crippen molar-refractivity contribution in [1.82, 2.24) is 15.1 Å². The average Bonchev–Trinajstić information content (AvgIpc) is 3.31. The van der Waals surface area contributed by atoms with Gasteiger partial charge in [-0.1, -0.05) is 44.0 Å². The number of nitrogens with zero attached hydrogens (tertiary/aromatic N) is 2. The van der Waals surface area contributed by atoms with Crippen LogP contribution in [-0.2, 0) is 0 Å². The Morgan fingerprint density at radius 1 is 1.19 bits per heavy atom. The zero-order valence-corrected chi connectivity index (χ0v) is 18.4. The number of phenolic OH excluding ortho intramolecular Hbond substituents is 1. The number of aromatic amines is 1. The van der Waals surface area contributed by atoms with Crippen LogP contribution < -0.4 is 4.74 Å². The largest absolute Gasteiger partial charge is 0.507 e. The first-order chi connectivity index (χ1) is 15.0. The molecule has 3 aromatic rings. The van der Waals surface area contributed by atoms with Crippen molar-refractivity contribution in [1.29, 1.82) is 0 Å². The van der Waals surface area contributed by atoms with Crippen molar-refractivity contribution in [2.45, 2.75) is 39.2 Å². The maximum atomic E-state index is 13.3. The minimum atomic E-state index is -0.327. The van der Waals surface area contributed by atoms with E-state index in [2.05, 4.69) is 24.0 Å². The van der Waals surface area contributed by atoms with Gasteiger partial charge < -0.3 is 14.7 Å². The minimum absolute atomic E-state index is 0.0666. The van der Waals surface area contributed by atoms with Gasteiger partial charge in [0.15, 0.2) is 0 Å². The van der Waals surface area contributed by atoms with Crippen LogP contribution in [0.25, 0.3) is 11.3 Å². The number of rotatable bonds is 8. The smallest absolute Gasteiger partial charge is 0.273 e. The van der Waals surface area contributed by atoms with Crippen LogP contribution in [0.15, 0.2) is 42.5 Å². The van der Waals surface area contributed by atoms with Gasteiger partial charge in [-0.2, -0.15) is 5.10 Å². The number of fused-ring (bicyclic) bond motifs is 1. The van der Waals surface area contributed by atoms with Gasteiger partial charge in [0, 0.05) is 22.7 Å². The highest BCUT2D eigenvalue weighted by Gasteiger charge is 2.42. The lowest BCUT2D eigenvalue weighted by molar-refractivity contribution is 0.0741. The number of hydrogen-bond donors (Lipinski definition) is 2. The molecule has 0 spiro atoms. The van der Waals surface area contributed by atoms with Crippen molar-refractivity contribution >= 4 is 17.5 Å². The second-order valence-corrected chi connectivity index (χ2v) is 8.13. The maximum absolute atomic E-state index is 13.3. The summed E-state index contributed by atoms with van der Waals surface area (Å²) in [6.07, 6.45) is 2.78. The topological polar surface area (TPSA) is 78.5 Å². The van der Waals surface area contributed by atoms with Crippen LogP contribution in [-0.4, -0.2) is 39.3 Å². The number of ether oxygens (including phenoxy) is 1. The summed E-state index contributed by atoms with van der Waals surface area (Å²) in [7, 11) is 0. The van der Waals surface area contributed by atoms with E-state index in [-0.39, 0.29) is 17.7 Å². The Morgan fingerprint density at radius 2 is 2.03 bits per heavy atom. The molecule has 0 saturated heterocycles. The molecule has 162 valence electrons. The molecule has 4 rings (SSSR count). The van der Waals surface area contributed by atoms with E-state index in [9.17, 15) is 9.90 Å². The lowest BCUT2D eigenvalue weighted by atomic mass is 9.95. The van der Waals surface area contributed by atoms with E-state index in [1.54, 1.807) is 18.2 Å². The van der Waals surface area contributed by atoms with Crippen molar-refractivity contribution in [2.24, 2.45) is 0 Å². The van der Waals surface area contributed by atoms with Crippen molar-refractivity contribution in [3.05, 3.63) is 64.3 Å². The molecule has 31 heavy (non-hydrogen) atoms. The summed E-state index contributed by atoms with van der Waals surface area (Å²) in [5.74, 6) is 0.747. The number of benzene rings is 2. The average molecular weight is 440 g/mol. The van der Waals surface area contributed by atoms with Crippen molar-refractivity contribution in [3.8, 4) is 22.8 Å². The summed E-state index contributed by atoms with van der Waals surface area (Å²) in [5.41, 5.74) is 3.19. The third-order valence-corrected chi connectivity index (χ3v) is 5.71. The first-order valence-corrected chi connectivity index (χ1v) is 11.0. The van der Waals surface area contributed by atoms with E-state index < -0.39 is 0 Å². The molecule has 7 heteroatoms. The third-order valence-electron chi connectivity index (χ3n) is 5.48. The summed E-state index contributed by atoms with van der Waals surface area (Å²) >= 11 is 6.19. The van der Waals surface area contributed by atoms with E-state index in [1.165, 1.54) is 0 Å². The fourth-order valence-electron chi connectivity index (χ4n) is 4.00. The van der Waals surface area contributed by atoms with Gasteiger partial charge in [0.05, 0.1) is 12.6 Å². The van der Waals surface area contributed by atoms with Gasteiger partial charge in [-0.3, -0.25) is 9.89 Å². The summed E-state index contributed by atoms with van der Waals surface area (Å²) in [4.78, 5) is 15.1. The number of unbranched alkanes of at least 4 members (excludes halogenated alkanes) is 1. The van der Waals surface area contributed by atoms with Crippen molar-refractivity contribution < 1.29 is 14.6 Å². The number of aromatic nitrogens is 2. The molecule has 0 saturated carbocycles. The predicted molar refractivity (Wildman–Crippen MR) is 121 cm³/mol. The monoisotopic (exact) mass is 439 g/mol. The lowest BCUT2D eigenvalue weighted by Crippen LogP contribution is -2.30. The zero-order valence-electron chi connectivity index (χ0n) is 17.7. The Hall–Kier alpha value is -2.99. The number of carbonyl (C=O) groups is 1. The molecular weight excluding hydrogens is 414 g/mol. The Balaban J connectivity index is 1.85. The standard InChI is InChI=1S/C24H26ClN3O3/c1-3-5-11-28-23(15-7-6-8-17(13-15)31-12-4-2)20-21(26-27-22(20)24(28)30)18-14-16(25)9-10-19(18)29/h6-10,13-14,23,29H,3-5,11-12H2,1-2H3,(H,26,27). The number of hydrogen-bond acceptors (Lipinski definition) is 4. The SMILES string of the molecule is CCCCN1C(=O)c2[nH]nc(-c3cc(Cl)ccc3O)c2C1c1cccc(OCCC)c1. The van der Waals surface area contributed by atoms with E-state index >= 15 is 0 Å². The molecular formula is C24H26ClN3O3. The molecule has 2 heterocycles. The molecule has 6 nitrogen and oxygen atoms in total. The Labute approximate surface area is 186 Å². The summed E-state index contributed by atoms with van der Waals surface area (Å²) in [6.45, 7) is 5.42. The molecule has 1 atom stereocenters. The van der Waals surface area contributed by atoms with Crippen molar-refractivity contribution in [2.75, 3.05) is 13.2 Å². The second-order valence-electron chi connectivity index (χ2n) is 7.70.